The van der Waals surface area contributed by atoms with Gasteiger partial charge in [0.1, 0.15) is 0 Å². The van der Waals surface area contributed by atoms with Gasteiger partial charge in [-0.1, -0.05) is 38.4 Å². The van der Waals surface area contributed by atoms with Crippen molar-refractivity contribution in [1.82, 2.24) is 5.32 Å². The maximum Gasteiger partial charge on any atom is 0.220 e. The molecule has 0 aromatic carbocycles. The standard InChI is InChI=1S/C13H24N2OS/c1-2-11(9-12(14)17)15-13(16)8-10-6-4-3-5-7-10/h10-11H,2-9H2,1H3,(H2,14,17)(H,15,16). The number of carbonyl (C=O) groups is 1. The van der Waals surface area contributed by atoms with Crippen LogP contribution < -0.4 is 11.1 Å². The van der Waals surface area contributed by atoms with Crippen molar-refractivity contribution in [1.29, 1.82) is 0 Å². The number of nitrogens with two attached hydrogens (primary N) is 1. The number of rotatable bonds is 6. The molecule has 0 bridgehead atoms. The summed E-state index contributed by atoms with van der Waals surface area (Å²) in [6, 6.07) is 0.114. The number of amides is 1. The van der Waals surface area contributed by atoms with Gasteiger partial charge >= 0.3 is 0 Å². The Bertz CT molecular complexity index is 262. The molecule has 1 atom stereocenters. The number of hydrogen-bond donors (Lipinski definition) is 2. The molecule has 1 aliphatic rings. The zero-order chi connectivity index (χ0) is 12.7. The molecule has 4 heteroatoms. The average Bonchev–Trinajstić information content (AvgIpc) is 2.28. The minimum atomic E-state index is 0.114. The second-order valence-corrected chi connectivity index (χ2v) is 5.58. The van der Waals surface area contributed by atoms with Gasteiger partial charge in [0.2, 0.25) is 5.91 Å². The van der Waals surface area contributed by atoms with Gasteiger partial charge < -0.3 is 11.1 Å². The molecule has 0 aromatic heterocycles. The Morgan fingerprint density at radius 1 is 1.41 bits per heavy atom. The van der Waals surface area contributed by atoms with E-state index in [4.69, 9.17) is 18.0 Å². The maximum atomic E-state index is 11.9. The second kappa shape index (κ2) is 7.64. The van der Waals surface area contributed by atoms with Crippen LogP contribution in [-0.4, -0.2) is 16.9 Å². The van der Waals surface area contributed by atoms with Crippen LogP contribution in [0.3, 0.4) is 0 Å². The summed E-state index contributed by atoms with van der Waals surface area (Å²) in [7, 11) is 0. The summed E-state index contributed by atoms with van der Waals surface area (Å²) in [4.78, 5) is 12.3. The summed E-state index contributed by atoms with van der Waals surface area (Å²) < 4.78 is 0. The van der Waals surface area contributed by atoms with E-state index in [0.717, 1.165) is 6.42 Å². The fraction of sp³-hybridized carbons (Fsp3) is 0.846. The molecule has 0 radical (unpaired) electrons. The Balaban J connectivity index is 2.28. The van der Waals surface area contributed by atoms with Crippen molar-refractivity contribution in [3.05, 3.63) is 0 Å². The van der Waals surface area contributed by atoms with Gasteiger partial charge in [-0.05, 0) is 25.2 Å². The van der Waals surface area contributed by atoms with Crippen LogP contribution in [0.1, 0.15) is 58.3 Å². The lowest BCUT2D eigenvalue weighted by atomic mass is 9.87. The van der Waals surface area contributed by atoms with E-state index < -0.39 is 0 Å². The number of hydrogen-bond acceptors (Lipinski definition) is 2. The van der Waals surface area contributed by atoms with Crippen LogP contribution in [0.25, 0.3) is 0 Å². The van der Waals surface area contributed by atoms with Gasteiger partial charge in [-0.2, -0.15) is 0 Å². The molecule has 3 N–H and O–H groups in total. The predicted molar refractivity (Wildman–Crippen MR) is 74.8 cm³/mol. The number of thiocarbonyl (C=S) groups is 1. The molecule has 1 rings (SSSR count). The van der Waals surface area contributed by atoms with Crippen molar-refractivity contribution in [2.45, 2.75) is 64.3 Å². The molecule has 0 saturated heterocycles. The summed E-state index contributed by atoms with van der Waals surface area (Å²) >= 11 is 4.88. The Morgan fingerprint density at radius 2 is 2.06 bits per heavy atom. The monoisotopic (exact) mass is 256 g/mol. The van der Waals surface area contributed by atoms with E-state index in [-0.39, 0.29) is 11.9 Å². The zero-order valence-electron chi connectivity index (χ0n) is 10.7. The Labute approximate surface area is 110 Å². The highest BCUT2D eigenvalue weighted by Crippen LogP contribution is 2.26. The van der Waals surface area contributed by atoms with Crippen LogP contribution >= 0.6 is 12.2 Å². The van der Waals surface area contributed by atoms with E-state index in [1.165, 1.54) is 32.1 Å². The van der Waals surface area contributed by atoms with Gasteiger partial charge in [0, 0.05) is 18.9 Å². The third-order valence-corrected chi connectivity index (χ3v) is 3.67. The molecular weight excluding hydrogens is 232 g/mol. The molecular formula is C13H24N2OS. The third kappa shape index (κ3) is 6.01. The normalized spacial score (nSPS) is 18.6. The van der Waals surface area contributed by atoms with Crippen molar-refractivity contribution in [3.63, 3.8) is 0 Å². The Morgan fingerprint density at radius 3 is 2.59 bits per heavy atom. The first kappa shape index (κ1) is 14.4. The highest BCUT2D eigenvalue weighted by molar-refractivity contribution is 7.80. The molecule has 1 unspecified atom stereocenters. The summed E-state index contributed by atoms with van der Waals surface area (Å²) in [5, 5.41) is 3.04. The largest absolute Gasteiger partial charge is 0.393 e. The third-order valence-electron chi connectivity index (χ3n) is 3.50. The molecule has 0 aliphatic heterocycles. The van der Waals surface area contributed by atoms with Crippen molar-refractivity contribution < 1.29 is 4.79 Å². The molecule has 1 saturated carbocycles. The van der Waals surface area contributed by atoms with Crippen LogP contribution in [0.4, 0.5) is 0 Å². The minimum Gasteiger partial charge on any atom is -0.393 e. The minimum absolute atomic E-state index is 0.114. The van der Waals surface area contributed by atoms with Crippen molar-refractivity contribution in [2.24, 2.45) is 11.7 Å². The lowest BCUT2D eigenvalue weighted by molar-refractivity contribution is -0.122. The lowest BCUT2D eigenvalue weighted by Crippen LogP contribution is -2.38. The molecule has 0 heterocycles. The predicted octanol–water partition coefficient (Wildman–Crippen LogP) is 2.53. The van der Waals surface area contributed by atoms with Crippen LogP contribution in [-0.2, 0) is 4.79 Å². The van der Waals surface area contributed by atoms with Crippen LogP contribution in [0.15, 0.2) is 0 Å². The van der Waals surface area contributed by atoms with Crippen molar-refractivity contribution >= 4 is 23.1 Å². The molecule has 1 amide bonds. The van der Waals surface area contributed by atoms with Gasteiger partial charge in [-0.25, -0.2) is 0 Å². The van der Waals surface area contributed by atoms with Gasteiger partial charge in [-0.15, -0.1) is 0 Å². The fourth-order valence-electron chi connectivity index (χ4n) is 2.48. The van der Waals surface area contributed by atoms with E-state index in [9.17, 15) is 4.79 Å². The van der Waals surface area contributed by atoms with Crippen LogP contribution in [0.5, 0.6) is 0 Å². The SMILES string of the molecule is CCC(CC(N)=S)NC(=O)CC1CCCCC1. The first-order valence-corrected chi connectivity index (χ1v) is 7.10. The van der Waals surface area contributed by atoms with E-state index in [1.54, 1.807) is 0 Å². The van der Waals surface area contributed by atoms with Gasteiger partial charge in [-0.3, -0.25) is 4.79 Å². The molecule has 0 aromatic rings. The maximum absolute atomic E-state index is 11.9. The summed E-state index contributed by atoms with van der Waals surface area (Å²) in [6.45, 7) is 2.05. The topological polar surface area (TPSA) is 55.1 Å². The van der Waals surface area contributed by atoms with Gasteiger partial charge in [0.05, 0.1) is 4.99 Å². The smallest absolute Gasteiger partial charge is 0.220 e. The van der Waals surface area contributed by atoms with Gasteiger partial charge in [0.15, 0.2) is 0 Å². The fourth-order valence-corrected chi connectivity index (χ4v) is 2.68. The summed E-state index contributed by atoms with van der Waals surface area (Å²) in [5.41, 5.74) is 5.51. The first-order valence-electron chi connectivity index (χ1n) is 6.69. The highest BCUT2D eigenvalue weighted by atomic mass is 32.1. The number of carbonyl (C=O) groups excluding carboxylic acids is 1. The van der Waals surface area contributed by atoms with Crippen LogP contribution in [0.2, 0.25) is 0 Å². The molecule has 1 fully saturated rings. The summed E-state index contributed by atoms with van der Waals surface area (Å²) in [6.07, 6.45) is 8.48. The molecule has 3 nitrogen and oxygen atoms in total. The molecule has 1 aliphatic carbocycles. The summed E-state index contributed by atoms with van der Waals surface area (Å²) in [5.74, 6) is 0.756. The highest BCUT2D eigenvalue weighted by Gasteiger charge is 2.18. The quantitative estimate of drug-likeness (QED) is 0.718. The molecule has 98 valence electrons. The second-order valence-electron chi connectivity index (χ2n) is 5.05. The molecule has 17 heavy (non-hydrogen) atoms. The van der Waals surface area contributed by atoms with Crippen molar-refractivity contribution in [2.75, 3.05) is 0 Å². The Kier molecular flexibility index (Phi) is 6.48. The van der Waals surface area contributed by atoms with Crippen LogP contribution in [0, 0.1) is 5.92 Å². The number of nitrogens with one attached hydrogen (secondary N) is 1. The van der Waals surface area contributed by atoms with E-state index in [2.05, 4.69) is 5.32 Å². The van der Waals surface area contributed by atoms with Crippen molar-refractivity contribution in [3.8, 4) is 0 Å². The Hall–Kier alpha value is -0.640. The van der Waals surface area contributed by atoms with E-state index in [1.807, 2.05) is 6.92 Å². The zero-order valence-corrected chi connectivity index (χ0v) is 11.5. The van der Waals surface area contributed by atoms with E-state index >= 15 is 0 Å². The average molecular weight is 256 g/mol. The molecule has 0 spiro atoms. The van der Waals surface area contributed by atoms with Gasteiger partial charge in [0.25, 0.3) is 0 Å². The van der Waals surface area contributed by atoms with E-state index in [0.29, 0.717) is 23.7 Å². The lowest BCUT2D eigenvalue weighted by Gasteiger charge is -2.22. The first-order chi connectivity index (χ1) is 8.11.